The molecule has 0 unspecified atom stereocenters. The maximum Gasteiger partial charge on any atom is 0.168 e. The Kier molecular flexibility index (Phi) is 4.76. The smallest absolute Gasteiger partial charge is 0.168 e. The number of Topliss-reactive ketones (excluding diaryl/α,β-unsaturated/α-hetero) is 1. The summed E-state index contributed by atoms with van der Waals surface area (Å²) in [5.41, 5.74) is 1.30. The molecule has 0 amide bonds. The summed E-state index contributed by atoms with van der Waals surface area (Å²) in [5, 5.41) is 0.561. The third kappa shape index (κ3) is 3.65. The second-order valence-corrected chi connectivity index (χ2v) is 6.10. The summed E-state index contributed by atoms with van der Waals surface area (Å²) < 4.78 is 14.2. The lowest BCUT2D eigenvalue weighted by atomic mass is 10.0. The van der Waals surface area contributed by atoms with Gasteiger partial charge in [0.25, 0.3) is 0 Å². The van der Waals surface area contributed by atoms with E-state index in [9.17, 15) is 9.18 Å². The summed E-state index contributed by atoms with van der Waals surface area (Å²) in [6.45, 7) is 0. The molecule has 0 heterocycles. The molecule has 1 nitrogen and oxygen atoms in total. The van der Waals surface area contributed by atoms with Crippen molar-refractivity contribution in [1.29, 1.82) is 0 Å². The molecule has 0 bridgehead atoms. The predicted octanol–water partition coefficient (Wildman–Crippen LogP) is 5.43. The summed E-state index contributed by atoms with van der Waals surface area (Å²) in [4.78, 5) is 12.2. The summed E-state index contributed by atoms with van der Waals surface area (Å²) in [6, 6.07) is 9.30. The van der Waals surface area contributed by atoms with Crippen LogP contribution in [0.4, 0.5) is 4.39 Å². The van der Waals surface area contributed by atoms with Crippen molar-refractivity contribution in [1.82, 2.24) is 0 Å². The Morgan fingerprint density at radius 2 is 1.84 bits per heavy atom. The minimum atomic E-state index is -0.337. The van der Waals surface area contributed by atoms with Crippen LogP contribution < -0.4 is 0 Å². The van der Waals surface area contributed by atoms with Crippen molar-refractivity contribution < 1.29 is 9.18 Å². The Hall–Kier alpha value is -0.710. The summed E-state index contributed by atoms with van der Waals surface area (Å²) in [7, 11) is 0. The van der Waals surface area contributed by atoms with Crippen LogP contribution in [0.2, 0.25) is 5.02 Å². The highest BCUT2D eigenvalue weighted by atomic mass is 79.9. The molecular weight excluding hydrogens is 398 g/mol. The SMILES string of the molecule is O=C(Cc1ccc(F)cc1Br)c1ccc(Cl)cc1Br. The Bertz CT molecular complexity index is 643. The van der Waals surface area contributed by atoms with E-state index in [1.54, 1.807) is 24.3 Å². The van der Waals surface area contributed by atoms with E-state index >= 15 is 0 Å². The van der Waals surface area contributed by atoms with E-state index < -0.39 is 0 Å². The quantitative estimate of drug-likeness (QED) is 0.621. The highest BCUT2D eigenvalue weighted by molar-refractivity contribution is 9.10. The Balaban J connectivity index is 2.25. The Morgan fingerprint density at radius 1 is 1.11 bits per heavy atom. The van der Waals surface area contributed by atoms with Crippen LogP contribution in [0.5, 0.6) is 0 Å². The van der Waals surface area contributed by atoms with Crippen molar-refractivity contribution in [3.05, 3.63) is 67.3 Å². The van der Waals surface area contributed by atoms with Gasteiger partial charge in [-0.05, 0) is 51.8 Å². The maximum atomic E-state index is 13.0. The van der Waals surface area contributed by atoms with E-state index in [1.165, 1.54) is 12.1 Å². The average molecular weight is 406 g/mol. The summed E-state index contributed by atoms with van der Waals surface area (Å²) in [5.74, 6) is -0.397. The molecule has 0 N–H and O–H groups in total. The fourth-order valence-corrected chi connectivity index (χ4v) is 3.04. The largest absolute Gasteiger partial charge is 0.294 e. The fraction of sp³-hybridized carbons (Fsp3) is 0.0714. The average Bonchev–Trinajstić information content (AvgIpc) is 2.32. The van der Waals surface area contributed by atoms with Crippen LogP contribution in [0.1, 0.15) is 15.9 Å². The molecular formula is C14H8Br2ClFO. The molecule has 2 aromatic rings. The van der Waals surface area contributed by atoms with E-state index in [0.29, 0.717) is 19.5 Å². The molecule has 0 aliphatic carbocycles. The van der Waals surface area contributed by atoms with Gasteiger partial charge >= 0.3 is 0 Å². The lowest BCUT2D eigenvalue weighted by molar-refractivity contribution is 0.0992. The van der Waals surface area contributed by atoms with Gasteiger partial charge in [-0.25, -0.2) is 4.39 Å². The fourth-order valence-electron chi connectivity index (χ4n) is 1.65. The molecule has 0 aromatic heterocycles. The van der Waals surface area contributed by atoms with Gasteiger partial charge in [0.1, 0.15) is 5.82 Å². The molecule has 0 aliphatic rings. The highest BCUT2D eigenvalue weighted by Crippen LogP contribution is 2.25. The molecule has 0 saturated carbocycles. The molecule has 0 saturated heterocycles. The van der Waals surface area contributed by atoms with Gasteiger partial charge < -0.3 is 0 Å². The second kappa shape index (κ2) is 6.16. The predicted molar refractivity (Wildman–Crippen MR) is 81.3 cm³/mol. The van der Waals surface area contributed by atoms with E-state index in [4.69, 9.17) is 11.6 Å². The van der Waals surface area contributed by atoms with Crippen molar-refractivity contribution in [2.45, 2.75) is 6.42 Å². The third-order valence-electron chi connectivity index (χ3n) is 2.60. The van der Waals surface area contributed by atoms with Crippen molar-refractivity contribution in [3.8, 4) is 0 Å². The van der Waals surface area contributed by atoms with Gasteiger partial charge in [0, 0.05) is 26.0 Å². The van der Waals surface area contributed by atoms with E-state index in [2.05, 4.69) is 31.9 Å². The molecule has 2 aromatic carbocycles. The number of carbonyl (C=O) groups excluding carboxylic acids is 1. The van der Waals surface area contributed by atoms with Crippen LogP contribution in [0.15, 0.2) is 45.3 Å². The molecule has 98 valence electrons. The zero-order valence-corrected chi connectivity index (χ0v) is 13.5. The first-order chi connectivity index (χ1) is 8.97. The Morgan fingerprint density at radius 3 is 2.47 bits per heavy atom. The topological polar surface area (TPSA) is 17.1 Å². The van der Waals surface area contributed by atoms with Crippen LogP contribution >= 0.6 is 43.5 Å². The minimum absolute atomic E-state index is 0.0594. The zero-order chi connectivity index (χ0) is 14.0. The molecule has 0 atom stereocenters. The maximum absolute atomic E-state index is 13.0. The standard InChI is InChI=1S/C14H8Br2ClFO/c15-12-7-10(18)3-1-8(12)5-14(19)11-4-2-9(17)6-13(11)16/h1-4,6-7H,5H2. The first kappa shape index (κ1) is 14.7. The summed E-state index contributed by atoms with van der Waals surface area (Å²) >= 11 is 12.4. The number of carbonyl (C=O) groups is 1. The Labute approximate surface area is 132 Å². The first-order valence-corrected chi connectivity index (χ1v) is 7.36. The van der Waals surface area contributed by atoms with E-state index in [1.807, 2.05) is 0 Å². The molecule has 0 radical (unpaired) electrons. The van der Waals surface area contributed by atoms with Gasteiger partial charge in [0.2, 0.25) is 0 Å². The molecule has 0 aliphatic heterocycles. The minimum Gasteiger partial charge on any atom is -0.294 e. The zero-order valence-electron chi connectivity index (χ0n) is 9.59. The van der Waals surface area contributed by atoms with Gasteiger partial charge in [-0.3, -0.25) is 4.79 Å². The van der Waals surface area contributed by atoms with E-state index in [0.717, 1.165) is 5.56 Å². The molecule has 0 fully saturated rings. The van der Waals surface area contributed by atoms with Gasteiger partial charge in [0.15, 0.2) is 5.78 Å². The van der Waals surface area contributed by atoms with E-state index in [-0.39, 0.29) is 18.0 Å². The van der Waals surface area contributed by atoms with Crippen LogP contribution in [0.3, 0.4) is 0 Å². The van der Waals surface area contributed by atoms with Crippen molar-refractivity contribution in [3.63, 3.8) is 0 Å². The monoisotopic (exact) mass is 404 g/mol. The lowest BCUT2D eigenvalue weighted by Gasteiger charge is -2.06. The normalized spacial score (nSPS) is 10.5. The number of hydrogen-bond acceptors (Lipinski definition) is 1. The van der Waals surface area contributed by atoms with Crippen molar-refractivity contribution >= 4 is 49.2 Å². The van der Waals surface area contributed by atoms with Crippen LogP contribution in [0, 0.1) is 5.82 Å². The van der Waals surface area contributed by atoms with Crippen molar-refractivity contribution in [2.75, 3.05) is 0 Å². The number of ketones is 1. The molecule has 0 spiro atoms. The van der Waals surface area contributed by atoms with Gasteiger partial charge in [0.05, 0.1) is 0 Å². The number of rotatable bonds is 3. The molecule has 2 rings (SSSR count). The lowest BCUT2D eigenvalue weighted by Crippen LogP contribution is -2.05. The van der Waals surface area contributed by atoms with Crippen LogP contribution in [-0.2, 0) is 6.42 Å². The summed E-state index contributed by atoms with van der Waals surface area (Å²) in [6.07, 6.45) is 0.196. The van der Waals surface area contributed by atoms with Gasteiger partial charge in [-0.1, -0.05) is 33.6 Å². The van der Waals surface area contributed by atoms with Crippen molar-refractivity contribution in [2.24, 2.45) is 0 Å². The molecule has 5 heteroatoms. The molecule has 19 heavy (non-hydrogen) atoms. The van der Waals surface area contributed by atoms with Crippen LogP contribution in [-0.4, -0.2) is 5.78 Å². The highest BCUT2D eigenvalue weighted by Gasteiger charge is 2.13. The van der Waals surface area contributed by atoms with Gasteiger partial charge in [-0.2, -0.15) is 0 Å². The van der Waals surface area contributed by atoms with Gasteiger partial charge in [-0.15, -0.1) is 0 Å². The number of benzene rings is 2. The third-order valence-corrected chi connectivity index (χ3v) is 4.23. The van der Waals surface area contributed by atoms with Crippen LogP contribution in [0.25, 0.3) is 0 Å². The first-order valence-electron chi connectivity index (χ1n) is 5.39. The second-order valence-electron chi connectivity index (χ2n) is 3.96. The number of halogens is 4. The number of hydrogen-bond donors (Lipinski definition) is 0.